The van der Waals surface area contributed by atoms with Crippen molar-refractivity contribution in [2.24, 2.45) is 0 Å². The summed E-state index contributed by atoms with van der Waals surface area (Å²) in [7, 11) is 2.60. The van der Waals surface area contributed by atoms with E-state index in [0.717, 1.165) is 25.6 Å². The number of nitrogens with one attached hydrogen (secondary N) is 1. The van der Waals surface area contributed by atoms with Gasteiger partial charge < -0.3 is 20.1 Å². The number of allylic oxidation sites excluding steroid dienone is 3. The van der Waals surface area contributed by atoms with Crippen molar-refractivity contribution in [2.45, 2.75) is 45.1 Å². The molecule has 152 valence electrons. The van der Waals surface area contributed by atoms with Crippen LogP contribution >= 0.6 is 0 Å². The molecule has 1 fully saturated rings. The molecular formula is C22H29FN2O3. The van der Waals surface area contributed by atoms with Crippen molar-refractivity contribution in [3.05, 3.63) is 65.5 Å². The van der Waals surface area contributed by atoms with E-state index in [-0.39, 0.29) is 11.3 Å². The maximum absolute atomic E-state index is 14.2. The lowest BCUT2D eigenvalue weighted by Crippen LogP contribution is -2.29. The van der Waals surface area contributed by atoms with Crippen LogP contribution in [0.5, 0.6) is 5.75 Å². The van der Waals surface area contributed by atoms with Crippen LogP contribution in [0.25, 0.3) is 0 Å². The minimum Gasteiger partial charge on any atom is -0.454 e. The van der Waals surface area contributed by atoms with Gasteiger partial charge in [-0.25, -0.2) is 4.39 Å². The number of amides is 1. The van der Waals surface area contributed by atoms with Gasteiger partial charge in [-0.2, -0.15) is 0 Å². The van der Waals surface area contributed by atoms with Gasteiger partial charge in [-0.05, 0) is 38.0 Å². The van der Waals surface area contributed by atoms with Crippen molar-refractivity contribution >= 4 is 5.91 Å². The van der Waals surface area contributed by atoms with Crippen molar-refractivity contribution in [3.63, 3.8) is 0 Å². The summed E-state index contributed by atoms with van der Waals surface area (Å²) in [5.74, 6) is -0.351. The van der Waals surface area contributed by atoms with Gasteiger partial charge in [-0.3, -0.25) is 4.79 Å². The predicted octanol–water partition coefficient (Wildman–Crippen LogP) is 4.12. The second-order valence-corrected chi connectivity index (χ2v) is 6.84. The van der Waals surface area contributed by atoms with Crippen LogP contribution in [0.4, 0.5) is 4.39 Å². The number of halogens is 1. The van der Waals surface area contributed by atoms with E-state index >= 15 is 0 Å². The first-order valence-electron chi connectivity index (χ1n) is 9.52. The zero-order valence-corrected chi connectivity index (χ0v) is 16.8. The number of aliphatic hydroxyl groups is 1. The normalized spacial score (nSPS) is 17.8. The van der Waals surface area contributed by atoms with Crippen molar-refractivity contribution in [1.82, 2.24) is 10.2 Å². The van der Waals surface area contributed by atoms with Gasteiger partial charge in [-0.1, -0.05) is 31.9 Å². The number of carbonyl (C=O) groups excluding carboxylic acids is 1. The molecule has 0 atom stereocenters. The smallest absolute Gasteiger partial charge is 0.264 e. The first-order chi connectivity index (χ1) is 13.5. The Kier molecular flexibility index (Phi) is 7.81. The number of hydrogen-bond acceptors (Lipinski definition) is 4. The summed E-state index contributed by atoms with van der Waals surface area (Å²) in [4.78, 5) is 14.0. The SMILES string of the molecule is C=CC1=C(/C=C(\C)NC2CCCCC2)Oc2cccc(F)c2C(=O)N1C.CO. The number of benzene rings is 1. The van der Waals surface area contributed by atoms with Crippen LogP contribution in [-0.2, 0) is 0 Å². The Bertz CT molecular complexity index is 780. The molecule has 5 nitrogen and oxygen atoms in total. The Morgan fingerprint density at radius 3 is 2.64 bits per heavy atom. The molecule has 1 amide bonds. The molecule has 1 heterocycles. The second kappa shape index (κ2) is 10.1. The molecule has 1 aromatic carbocycles. The van der Waals surface area contributed by atoms with Crippen LogP contribution in [0.3, 0.4) is 0 Å². The molecule has 28 heavy (non-hydrogen) atoms. The number of ether oxygens (including phenoxy) is 1. The van der Waals surface area contributed by atoms with Gasteiger partial charge >= 0.3 is 0 Å². The Balaban J connectivity index is 0.00000136. The molecule has 0 spiro atoms. The Hall–Kier alpha value is -2.60. The van der Waals surface area contributed by atoms with Gasteiger partial charge in [0.15, 0.2) is 5.76 Å². The van der Waals surface area contributed by atoms with Gasteiger partial charge in [0, 0.05) is 32.0 Å². The third-order valence-electron chi connectivity index (χ3n) is 4.91. The first kappa shape index (κ1) is 21.7. The Morgan fingerprint density at radius 1 is 1.32 bits per heavy atom. The van der Waals surface area contributed by atoms with Gasteiger partial charge in [0.25, 0.3) is 5.91 Å². The zero-order valence-electron chi connectivity index (χ0n) is 16.8. The van der Waals surface area contributed by atoms with Gasteiger partial charge in [-0.15, -0.1) is 0 Å². The van der Waals surface area contributed by atoms with Crippen LogP contribution in [0.1, 0.15) is 49.4 Å². The molecule has 0 aromatic heterocycles. The summed E-state index contributed by atoms with van der Waals surface area (Å²) in [5.41, 5.74) is 1.40. The molecule has 3 rings (SSSR count). The summed E-state index contributed by atoms with van der Waals surface area (Å²) < 4.78 is 20.1. The standard InChI is InChI=1S/C21H25FN2O2.CH4O/c1-4-17-19(13-14(2)23-15-9-6-5-7-10-15)26-18-12-8-11-16(22)20(18)21(25)24(17)3;1-2/h4,8,11-13,15,23H,1,5-7,9-10H2,2-3H3;2H,1H3/b14-13+;. The number of aliphatic hydroxyl groups excluding tert-OH is 1. The number of rotatable bonds is 4. The van der Waals surface area contributed by atoms with Crippen LogP contribution in [-0.4, -0.2) is 36.1 Å². The van der Waals surface area contributed by atoms with E-state index in [4.69, 9.17) is 9.84 Å². The highest BCUT2D eigenvalue weighted by atomic mass is 19.1. The largest absolute Gasteiger partial charge is 0.454 e. The summed E-state index contributed by atoms with van der Waals surface area (Å²) >= 11 is 0. The zero-order chi connectivity index (χ0) is 20.7. The fraction of sp³-hybridized carbons (Fsp3) is 0.409. The summed E-state index contributed by atoms with van der Waals surface area (Å²) in [6.45, 7) is 5.77. The van der Waals surface area contributed by atoms with E-state index in [0.29, 0.717) is 17.5 Å². The van der Waals surface area contributed by atoms with Crippen molar-refractivity contribution in [3.8, 4) is 5.75 Å². The maximum Gasteiger partial charge on any atom is 0.264 e. The highest BCUT2D eigenvalue weighted by Crippen LogP contribution is 2.31. The van der Waals surface area contributed by atoms with Crippen LogP contribution in [0.2, 0.25) is 0 Å². The summed E-state index contributed by atoms with van der Waals surface area (Å²) in [6.07, 6.45) is 9.51. The summed E-state index contributed by atoms with van der Waals surface area (Å²) in [5, 5.41) is 10.5. The average Bonchev–Trinajstić information content (AvgIpc) is 2.79. The topological polar surface area (TPSA) is 61.8 Å². The summed E-state index contributed by atoms with van der Waals surface area (Å²) in [6, 6.07) is 4.86. The molecule has 2 aliphatic rings. The Labute approximate surface area is 166 Å². The van der Waals surface area contributed by atoms with Gasteiger partial charge in [0.2, 0.25) is 0 Å². The molecule has 0 bridgehead atoms. The fourth-order valence-electron chi connectivity index (χ4n) is 3.56. The fourth-order valence-corrected chi connectivity index (χ4v) is 3.56. The molecular weight excluding hydrogens is 359 g/mol. The van der Waals surface area contributed by atoms with Crippen molar-refractivity contribution in [2.75, 3.05) is 14.2 Å². The van der Waals surface area contributed by atoms with Crippen molar-refractivity contribution in [1.29, 1.82) is 0 Å². The van der Waals surface area contributed by atoms with E-state index in [2.05, 4.69) is 11.9 Å². The Morgan fingerprint density at radius 2 is 2.00 bits per heavy atom. The number of carbonyl (C=O) groups is 1. The van der Waals surface area contributed by atoms with E-state index in [9.17, 15) is 9.18 Å². The molecule has 1 aliphatic carbocycles. The molecule has 1 aromatic rings. The molecule has 1 saturated carbocycles. The molecule has 1 aliphatic heterocycles. The molecule has 0 saturated heterocycles. The number of hydrogen-bond donors (Lipinski definition) is 2. The minimum atomic E-state index is -0.593. The molecule has 0 radical (unpaired) electrons. The van der Waals surface area contributed by atoms with Gasteiger partial charge in [0.05, 0.1) is 5.70 Å². The third-order valence-corrected chi connectivity index (χ3v) is 4.91. The van der Waals surface area contributed by atoms with Gasteiger partial charge in [0.1, 0.15) is 17.1 Å². The van der Waals surface area contributed by atoms with E-state index in [1.54, 1.807) is 19.2 Å². The molecule has 2 N–H and O–H groups in total. The minimum absolute atomic E-state index is 0.0596. The van der Waals surface area contributed by atoms with E-state index < -0.39 is 11.7 Å². The molecule has 0 unspecified atom stereocenters. The number of likely N-dealkylation sites (N-methyl/N-ethyl adjacent to an activating group) is 1. The quantitative estimate of drug-likeness (QED) is 0.814. The lowest BCUT2D eigenvalue weighted by Gasteiger charge is -2.24. The lowest BCUT2D eigenvalue weighted by molar-refractivity contribution is 0.0837. The average molecular weight is 388 g/mol. The number of fused-ring (bicyclic) bond motifs is 1. The maximum atomic E-state index is 14.2. The first-order valence-corrected chi connectivity index (χ1v) is 9.52. The van der Waals surface area contributed by atoms with Crippen LogP contribution in [0, 0.1) is 5.82 Å². The van der Waals surface area contributed by atoms with Crippen molar-refractivity contribution < 1.29 is 19.0 Å². The third kappa shape index (κ3) is 4.81. The monoisotopic (exact) mass is 388 g/mol. The highest BCUT2D eigenvalue weighted by molar-refractivity contribution is 5.99. The lowest BCUT2D eigenvalue weighted by atomic mass is 9.95. The van der Waals surface area contributed by atoms with E-state index in [1.165, 1.54) is 36.3 Å². The van der Waals surface area contributed by atoms with Crippen LogP contribution in [0.15, 0.2) is 54.1 Å². The van der Waals surface area contributed by atoms with Crippen LogP contribution < -0.4 is 10.1 Å². The molecule has 6 heteroatoms. The van der Waals surface area contributed by atoms with E-state index in [1.807, 2.05) is 13.0 Å². The predicted molar refractivity (Wildman–Crippen MR) is 108 cm³/mol. The highest BCUT2D eigenvalue weighted by Gasteiger charge is 2.28. The second-order valence-electron chi connectivity index (χ2n) is 6.84. The number of nitrogens with zero attached hydrogens (tertiary/aromatic N) is 1.